The van der Waals surface area contributed by atoms with Crippen LogP contribution in [0.1, 0.15) is 11.1 Å². The lowest BCUT2D eigenvalue weighted by molar-refractivity contribution is -0.384. The van der Waals surface area contributed by atoms with Crippen LogP contribution in [0.3, 0.4) is 0 Å². The van der Waals surface area contributed by atoms with Gasteiger partial charge in [-0.15, -0.1) is 0 Å². The number of ether oxygens (including phenoxy) is 3. The van der Waals surface area contributed by atoms with Crippen LogP contribution in [0.5, 0.6) is 17.2 Å². The van der Waals surface area contributed by atoms with E-state index in [2.05, 4.69) is 5.32 Å². The zero-order chi connectivity index (χ0) is 25.4. The summed E-state index contributed by atoms with van der Waals surface area (Å²) in [5, 5.41) is 23.7. The number of non-ortho nitro benzene ring substituents is 1. The maximum atomic E-state index is 12.7. The summed E-state index contributed by atoms with van der Waals surface area (Å²) in [6.07, 6.45) is 1.36. The van der Waals surface area contributed by atoms with Crippen molar-refractivity contribution in [3.8, 4) is 23.3 Å². The van der Waals surface area contributed by atoms with Gasteiger partial charge in [-0.3, -0.25) is 14.9 Å². The Kier molecular flexibility index (Phi) is 8.27. The number of methoxy groups -OCH3 is 2. The van der Waals surface area contributed by atoms with E-state index in [0.29, 0.717) is 22.1 Å². The minimum Gasteiger partial charge on any atom is -0.495 e. The molecule has 0 bridgehead atoms. The van der Waals surface area contributed by atoms with Gasteiger partial charge in [-0.25, -0.2) is 0 Å². The standard InChI is InChI=1S/C25H20ClN3O6/c1-33-22-9-7-20(29(31)32)13-21(22)28-25(30)18(14-27)10-16-6-8-23(24(12-16)34-2)35-15-17-4-3-5-19(26)11-17/h3-13H,15H2,1-2H3,(H,28,30)/b18-10+. The zero-order valence-corrected chi connectivity index (χ0v) is 19.5. The molecule has 1 amide bonds. The van der Waals surface area contributed by atoms with E-state index in [1.54, 1.807) is 30.3 Å². The summed E-state index contributed by atoms with van der Waals surface area (Å²) in [7, 11) is 2.84. The highest BCUT2D eigenvalue weighted by atomic mass is 35.5. The summed E-state index contributed by atoms with van der Waals surface area (Å²) >= 11 is 6.00. The van der Waals surface area contributed by atoms with Crippen molar-refractivity contribution in [3.05, 3.63) is 92.5 Å². The molecule has 0 unspecified atom stereocenters. The molecule has 0 aliphatic heterocycles. The third-order valence-electron chi connectivity index (χ3n) is 4.79. The molecule has 0 heterocycles. The topological polar surface area (TPSA) is 124 Å². The Morgan fingerprint density at radius 1 is 1.09 bits per heavy atom. The van der Waals surface area contributed by atoms with Crippen LogP contribution in [0, 0.1) is 21.4 Å². The van der Waals surface area contributed by atoms with Crippen LogP contribution < -0.4 is 19.5 Å². The number of nitro groups is 1. The normalized spacial score (nSPS) is 10.7. The smallest absolute Gasteiger partial charge is 0.271 e. The first-order chi connectivity index (χ1) is 16.8. The molecular weight excluding hydrogens is 474 g/mol. The predicted molar refractivity (Wildman–Crippen MR) is 131 cm³/mol. The fourth-order valence-electron chi connectivity index (χ4n) is 3.09. The Bertz CT molecular complexity index is 1330. The van der Waals surface area contributed by atoms with E-state index in [0.717, 1.165) is 11.6 Å². The summed E-state index contributed by atoms with van der Waals surface area (Å²) in [5.41, 5.74) is 0.989. The van der Waals surface area contributed by atoms with Gasteiger partial charge >= 0.3 is 0 Å². The summed E-state index contributed by atoms with van der Waals surface area (Å²) in [6.45, 7) is 0.267. The number of nitrogens with one attached hydrogen (secondary N) is 1. The molecule has 0 aromatic heterocycles. The van der Waals surface area contributed by atoms with E-state index in [1.165, 1.54) is 32.4 Å². The molecular formula is C25H20ClN3O6. The van der Waals surface area contributed by atoms with Gasteiger partial charge in [0.15, 0.2) is 11.5 Å². The van der Waals surface area contributed by atoms with Gasteiger partial charge in [0.05, 0.1) is 24.8 Å². The molecule has 3 rings (SSSR count). The first kappa shape index (κ1) is 25.1. The highest BCUT2D eigenvalue weighted by molar-refractivity contribution is 6.30. The van der Waals surface area contributed by atoms with Crippen molar-refractivity contribution in [2.24, 2.45) is 0 Å². The number of nitrogens with zero attached hydrogens (tertiary/aromatic N) is 2. The Balaban J connectivity index is 1.80. The SMILES string of the molecule is COc1ccc([N+](=O)[O-])cc1NC(=O)/C(C#N)=C/c1ccc(OCc2cccc(Cl)c2)c(OC)c1. The summed E-state index contributed by atoms with van der Waals surface area (Å²) in [6, 6.07) is 17.8. The van der Waals surface area contributed by atoms with E-state index < -0.39 is 10.8 Å². The van der Waals surface area contributed by atoms with Crippen molar-refractivity contribution in [2.75, 3.05) is 19.5 Å². The van der Waals surface area contributed by atoms with E-state index >= 15 is 0 Å². The van der Waals surface area contributed by atoms with Gasteiger partial charge in [0.2, 0.25) is 0 Å². The molecule has 0 spiro atoms. The van der Waals surface area contributed by atoms with Crippen molar-refractivity contribution in [2.45, 2.75) is 6.61 Å². The lowest BCUT2D eigenvalue weighted by Gasteiger charge is -2.12. The van der Waals surface area contributed by atoms with E-state index in [-0.39, 0.29) is 29.3 Å². The molecule has 3 aromatic carbocycles. The molecule has 0 radical (unpaired) electrons. The lowest BCUT2D eigenvalue weighted by Crippen LogP contribution is -2.14. The third kappa shape index (κ3) is 6.50. The first-order valence-corrected chi connectivity index (χ1v) is 10.5. The molecule has 0 saturated heterocycles. The van der Waals surface area contributed by atoms with Crippen molar-refractivity contribution >= 4 is 35.0 Å². The van der Waals surface area contributed by atoms with Crippen molar-refractivity contribution in [1.82, 2.24) is 0 Å². The van der Waals surface area contributed by atoms with Crippen LogP contribution in [-0.4, -0.2) is 25.1 Å². The molecule has 1 N–H and O–H groups in total. The molecule has 10 heteroatoms. The molecule has 178 valence electrons. The molecule has 3 aromatic rings. The van der Waals surface area contributed by atoms with Gasteiger partial charge in [-0.1, -0.05) is 29.8 Å². The van der Waals surface area contributed by atoms with Crippen molar-refractivity contribution in [3.63, 3.8) is 0 Å². The van der Waals surface area contributed by atoms with Crippen LogP contribution in [-0.2, 0) is 11.4 Å². The van der Waals surface area contributed by atoms with Gasteiger partial charge in [0.25, 0.3) is 11.6 Å². The number of hydrogen-bond acceptors (Lipinski definition) is 7. The molecule has 0 atom stereocenters. The van der Waals surface area contributed by atoms with Gasteiger partial charge in [-0.2, -0.15) is 5.26 Å². The van der Waals surface area contributed by atoms with E-state index in [1.807, 2.05) is 18.2 Å². The predicted octanol–water partition coefficient (Wildman–Crippen LogP) is 5.39. The minimum absolute atomic E-state index is 0.0650. The number of carbonyl (C=O) groups excluding carboxylic acids is 1. The Morgan fingerprint density at radius 2 is 1.83 bits per heavy atom. The quantitative estimate of drug-likeness (QED) is 0.183. The highest BCUT2D eigenvalue weighted by Crippen LogP contribution is 2.31. The largest absolute Gasteiger partial charge is 0.495 e. The summed E-state index contributed by atoms with van der Waals surface area (Å²) in [5.74, 6) is 0.323. The second-order valence-corrected chi connectivity index (χ2v) is 7.53. The van der Waals surface area contributed by atoms with E-state index in [9.17, 15) is 20.2 Å². The number of anilines is 1. The minimum atomic E-state index is -0.758. The molecule has 0 saturated carbocycles. The molecule has 35 heavy (non-hydrogen) atoms. The fourth-order valence-corrected chi connectivity index (χ4v) is 3.31. The van der Waals surface area contributed by atoms with Gasteiger partial charge < -0.3 is 19.5 Å². The van der Waals surface area contributed by atoms with Crippen LogP contribution in [0.4, 0.5) is 11.4 Å². The number of nitriles is 1. The third-order valence-corrected chi connectivity index (χ3v) is 5.02. The number of rotatable bonds is 9. The van der Waals surface area contributed by atoms with Crippen LogP contribution in [0.2, 0.25) is 5.02 Å². The van der Waals surface area contributed by atoms with Crippen molar-refractivity contribution in [1.29, 1.82) is 5.26 Å². The molecule has 9 nitrogen and oxygen atoms in total. The summed E-state index contributed by atoms with van der Waals surface area (Å²) in [4.78, 5) is 23.2. The second kappa shape index (κ2) is 11.5. The monoisotopic (exact) mass is 493 g/mol. The zero-order valence-electron chi connectivity index (χ0n) is 18.8. The Morgan fingerprint density at radius 3 is 2.49 bits per heavy atom. The van der Waals surface area contributed by atoms with Crippen molar-refractivity contribution < 1.29 is 23.9 Å². The average molecular weight is 494 g/mol. The second-order valence-electron chi connectivity index (χ2n) is 7.09. The Labute approximate surface area is 206 Å². The fraction of sp³-hybridized carbons (Fsp3) is 0.120. The molecule has 0 aliphatic carbocycles. The number of nitro benzene ring substituents is 1. The van der Waals surface area contributed by atoms with E-state index in [4.69, 9.17) is 25.8 Å². The number of carbonyl (C=O) groups is 1. The number of halogens is 1. The first-order valence-electron chi connectivity index (χ1n) is 10.2. The van der Waals surface area contributed by atoms with Crippen LogP contribution >= 0.6 is 11.6 Å². The molecule has 0 aliphatic rings. The number of amides is 1. The van der Waals surface area contributed by atoms with Gasteiger partial charge in [0.1, 0.15) is 24.0 Å². The van der Waals surface area contributed by atoms with Crippen LogP contribution in [0.15, 0.2) is 66.2 Å². The summed E-state index contributed by atoms with van der Waals surface area (Å²) < 4.78 is 16.4. The number of hydrogen-bond donors (Lipinski definition) is 1. The van der Waals surface area contributed by atoms with Gasteiger partial charge in [-0.05, 0) is 47.5 Å². The lowest BCUT2D eigenvalue weighted by atomic mass is 10.1. The van der Waals surface area contributed by atoms with Gasteiger partial charge in [0, 0.05) is 17.2 Å². The van der Waals surface area contributed by atoms with Crippen LogP contribution in [0.25, 0.3) is 6.08 Å². The number of benzene rings is 3. The maximum Gasteiger partial charge on any atom is 0.271 e. The Hall–Kier alpha value is -4.55. The average Bonchev–Trinajstić information content (AvgIpc) is 2.86. The molecule has 0 fully saturated rings. The highest BCUT2D eigenvalue weighted by Gasteiger charge is 2.17. The maximum absolute atomic E-state index is 12.7.